The molecule has 0 saturated carbocycles. The van der Waals surface area contributed by atoms with Crippen LogP contribution in [-0.2, 0) is 0 Å². The Balaban J connectivity index is 1.64. The van der Waals surface area contributed by atoms with Gasteiger partial charge in [0.2, 0.25) is 0 Å². The molecule has 3 heteroatoms. The molecule has 0 spiro atoms. The summed E-state index contributed by atoms with van der Waals surface area (Å²) >= 11 is 0. The number of nitrogens with zero attached hydrogens (tertiary/aromatic N) is 2. The van der Waals surface area contributed by atoms with Crippen molar-refractivity contribution in [1.82, 2.24) is 9.88 Å². The average molecular weight is 219 g/mol. The molecule has 0 atom stereocenters. The van der Waals surface area contributed by atoms with Crippen LogP contribution in [0.25, 0.3) is 0 Å². The second-order valence-electron chi connectivity index (χ2n) is 4.55. The van der Waals surface area contributed by atoms with Gasteiger partial charge in [-0.25, -0.2) is 4.98 Å². The van der Waals surface area contributed by atoms with Crippen LogP contribution in [0.5, 0.6) is 0 Å². The minimum absolute atomic E-state index is 1.00. The molecule has 1 fully saturated rings. The summed E-state index contributed by atoms with van der Waals surface area (Å²) in [5.41, 5.74) is 1.26. The lowest BCUT2D eigenvalue weighted by Gasteiger charge is -2.14. The van der Waals surface area contributed by atoms with Crippen LogP contribution >= 0.6 is 0 Å². The molecule has 2 heterocycles. The topological polar surface area (TPSA) is 28.2 Å². The van der Waals surface area contributed by atoms with E-state index in [9.17, 15) is 0 Å². The Morgan fingerprint density at radius 1 is 1.38 bits per heavy atom. The molecule has 1 aromatic heterocycles. The van der Waals surface area contributed by atoms with Crippen molar-refractivity contribution in [2.45, 2.75) is 26.2 Å². The number of anilines is 1. The summed E-state index contributed by atoms with van der Waals surface area (Å²) in [5, 5.41) is 3.37. The highest BCUT2D eigenvalue weighted by molar-refractivity contribution is 5.36. The van der Waals surface area contributed by atoms with E-state index in [0.29, 0.717) is 0 Å². The molecule has 0 unspecified atom stereocenters. The van der Waals surface area contributed by atoms with Gasteiger partial charge < -0.3 is 10.2 Å². The van der Waals surface area contributed by atoms with Crippen molar-refractivity contribution in [3.05, 3.63) is 23.9 Å². The van der Waals surface area contributed by atoms with Gasteiger partial charge in [-0.15, -0.1) is 0 Å². The fraction of sp³-hybridized carbons (Fsp3) is 0.615. The van der Waals surface area contributed by atoms with Crippen LogP contribution in [0.1, 0.15) is 24.8 Å². The first kappa shape index (κ1) is 11.4. The molecule has 0 aliphatic carbocycles. The molecule has 0 radical (unpaired) electrons. The molecule has 2 rings (SSSR count). The number of rotatable bonds is 5. The van der Waals surface area contributed by atoms with Gasteiger partial charge in [0.25, 0.3) is 0 Å². The number of hydrogen-bond donors (Lipinski definition) is 1. The molecule has 1 N–H and O–H groups in total. The normalized spacial score (nSPS) is 16.6. The maximum Gasteiger partial charge on any atom is 0.126 e. The van der Waals surface area contributed by atoms with Crippen molar-refractivity contribution in [2.24, 2.45) is 0 Å². The van der Waals surface area contributed by atoms with Crippen molar-refractivity contribution in [3.63, 3.8) is 0 Å². The molecular weight excluding hydrogens is 198 g/mol. The number of nitrogens with one attached hydrogen (secondary N) is 1. The Morgan fingerprint density at radius 3 is 2.94 bits per heavy atom. The van der Waals surface area contributed by atoms with E-state index >= 15 is 0 Å². The van der Waals surface area contributed by atoms with Crippen LogP contribution in [0, 0.1) is 6.92 Å². The van der Waals surface area contributed by atoms with Crippen LogP contribution in [0.4, 0.5) is 5.82 Å². The van der Waals surface area contributed by atoms with Crippen LogP contribution in [0.3, 0.4) is 0 Å². The molecule has 1 aliphatic heterocycles. The number of pyridine rings is 1. The van der Waals surface area contributed by atoms with Crippen molar-refractivity contribution in [3.8, 4) is 0 Å². The first-order chi connectivity index (χ1) is 7.84. The highest BCUT2D eigenvalue weighted by Gasteiger charge is 2.09. The summed E-state index contributed by atoms with van der Waals surface area (Å²) in [6.45, 7) is 6.92. The summed E-state index contributed by atoms with van der Waals surface area (Å²) < 4.78 is 0. The number of aryl methyl sites for hydroxylation is 1. The van der Waals surface area contributed by atoms with Gasteiger partial charge in [-0.2, -0.15) is 0 Å². The minimum Gasteiger partial charge on any atom is -0.370 e. The first-order valence-corrected chi connectivity index (χ1v) is 6.23. The Labute approximate surface area is 97.9 Å². The van der Waals surface area contributed by atoms with Crippen molar-refractivity contribution in [2.75, 3.05) is 31.5 Å². The predicted molar refractivity (Wildman–Crippen MR) is 67.8 cm³/mol. The quantitative estimate of drug-likeness (QED) is 0.770. The molecule has 0 amide bonds. The third kappa shape index (κ3) is 3.49. The van der Waals surface area contributed by atoms with E-state index in [1.165, 1.54) is 44.5 Å². The van der Waals surface area contributed by atoms with Gasteiger partial charge in [0.05, 0.1) is 0 Å². The third-order valence-corrected chi connectivity index (χ3v) is 3.07. The van der Waals surface area contributed by atoms with Gasteiger partial charge in [-0.05, 0) is 63.5 Å². The molecule has 1 aliphatic rings. The predicted octanol–water partition coefficient (Wildman–Crippen LogP) is 2.29. The fourth-order valence-electron chi connectivity index (χ4n) is 2.16. The van der Waals surface area contributed by atoms with E-state index in [4.69, 9.17) is 0 Å². The largest absolute Gasteiger partial charge is 0.370 e. The van der Waals surface area contributed by atoms with Crippen LogP contribution in [0.2, 0.25) is 0 Å². The van der Waals surface area contributed by atoms with Gasteiger partial charge in [0.15, 0.2) is 0 Å². The molecule has 1 aromatic rings. The van der Waals surface area contributed by atoms with Crippen LogP contribution in [0.15, 0.2) is 18.3 Å². The van der Waals surface area contributed by atoms with Crippen LogP contribution < -0.4 is 5.32 Å². The zero-order valence-corrected chi connectivity index (χ0v) is 10.1. The summed E-state index contributed by atoms with van der Waals surface area (Å²) in [6.07, 6.45) is 5.83. The Hall–Kier alpha value is -1.09. The minimum atomic E-state index is 1.00. The number of likely N-dealkylation sites (tertiary alicyclic amines) is 1. The van der Waals surface area contributed by atoms with Crippen molar-refractivity contribution in [1.29, 1.82) is 0 Å². The lowest BCUT2D eigenvalue weighted by Crippen LogP contribution is -2.22. The molecular formula is C13H21N3. The fourth-order valence-corrected chi connectivity index (χ4v) is 2.16. The first-order valence-electron chi connectivity index (χ1n) is 6.23. The highest BCUT2D eigenvalue weighted by atomic mass is 15.1. The molecule has 0 bridgehead atoms. The molecule has 88 valence electrons. The average Bonchev–Trinajstić information content (AvgIpc) is 2.77. The van der Waals surface area contributed by atoms with Gasteiger partial charge >= 0.3 is 0 Å². The van der Waals surface area contributed by atoms with Gasteiger partial charge in [-0.1, -0.05) is 0 Å². The summed E-state index contributed by atoms with van der Waals surface area (Å²) in [4.78, 5) is 6.83. The second-order valence-corrected chi connectivity index (χ2v) is 4.55. The molecule has 0 aromatic carbocycles. The maximum absolute atomic E-state index is 4.28. The summed E-state index contributed by atoms with van der Waals surface area (Å²) in [5.74, 6) is 1.00. The molecule has 16 heavy (non-hydrogen) atoms. The van der Waals surface area contributed by atoms with E-state index in [2.05, 4.69) is 28.2 Å². The van der Waals surface area contributed by atoms with Crippen molar-refractivity contribution < 1.29 is 0 Å². The highest BCUT2D eigenvalue weighted by Crippen LogP contribution is 2.08. The Bertz CT molecular complexity index is 319. The second kappa shape index (κ2) is 5.85. The van der Waals surface area contributed by atoms with E-state index in [0.717, 1.165) is 12.4 Å². The van der Waals surface area contributed by atoms with E-state index in [1.807, 2.05) is 12.3 Å². The van der Waals surface area contributed by atoms with E-state index in [1.54, 1.807) is 0 Å². The van der Waals surface area contributed by atoms with Gasteiger partial charge in [-0.3, -0.25) is 0 Å². The van der Waals surface area contributed by atoms with Gasteiger partial charge in [0.1, 0.15) is 5.82 Å². The standard InChI is InChI=1S/C13H21N3/c1-12-5-7-15-13(11-12)14-6-4-10-16-8-2-3-9-16/h5,7,11H,2-4,6,8-10H2,1H3,(H,14,15). The Kier molecular flexibility index (Phi) is 4.17. The van der Waals surface area contributed by atoms with Crippen LogP contribution in [-0.4, -0.2) is 36.1 Å². The number of aromatic nitrogens is 1. The van der Waals surface area contributed by atoms with Gasteiger partial charge in [0, 0.05) is 12.7 Å². The lowest BCUT2D eigenvalue weighted by molar-refractivity contribution is 0.337. The zero-order chi connectivity index (χ0) is 11.2. The zero-order valence-electron chi connectivity index (χ0n) is 10.1. The molecule has 1 saturated heterocycles. The maximum atomic E-state index is 4.28. The third-order valence-electron chi connectivity index (χ3n) is 3.07. The van der Waals surface area contributed by atoms with E-state index in [-0.39, 0.29) is 0 Å². The lowest BCUT2D eigenvalue weighted by atomic mass is 10.3. The number of hydrogen-bond acceptors (Lipinski definition) is 3. The molecule has 3 nitrogen and oxygen atoms in total. The monoisotopic (exact) mass is 219 g/mol. The van der Waals surface area contributed by atoms with E-state index < -0.39 is 0 Å². The SMILES string of the molecule is Cc1ccnc(NCCCN2CCCC2)c1. The van der Waals surface area contributed by atoms with Crippen molar-refractivity contribution >= 4 is 5.82 Å². The summed E-state index contributed by atoms with van der Waals surface area (Å²) in [6, 6.07) is 4.12. The summed E-state index contributed by atoms with van der Waals surface area (Å²) in [7, 11) is 0. The smallest absolute Gasteiger partial charge is 0.126 e. The Morgan fingerprint density at radius 2 is 2.19 bits per heavy atom.